The van der Waals surface area contributed by atoms with Crippen LogP contribution in [-0.4, -0.2) is 22.6 Å². The minimum absolute atomic E-state index is 0.0795. The Labute approximate surface area is 144 Å². The summed E-state index contributed by atoms with van der Waals surface area (Å²) in [5.74, 6) is 0.819. The Hall–Kier alpha value is -3.15. The molecule has 25 heavy (non-hydrogen) atoms. The highest BCUT2D eigenvalue weighted by atomic mass is 19.1. The van der Waals surface area contributed by atoms with Crippen molar-refractivity contribution in [1.82, 2.24) is 9.55 Å². The molecule has 6 heteroatoms. The normalized spacial score (nSPS) is 16.2. The van der Waals surface area contributed by atoms with Crippen molar-refractivity contribution in [2.24, 2.45) is 0 Å². The van der Waals surface area contributed by atoms with Crippen molar-refractivity contribution < 1.29 is 13.9 Å². The number of nitrogens with zero attached hydrogens (tertiary/aromatic N) is 2. The molecule has 1 atom stereocenters. The van der Waals surface area contributed by atoms with Gasteiger partial charge >= 0.3 is 0 Å². The molecular weight excluding hydrogens is 321 g/mol. The summed E-state index contributed by atoms with van der Waals surface area (Å²) in [7, 11) is 1.61. The second-order valence-corrected chi connectivity index (χ2v) is 5.91. The highest BCUT2D eigenvalue weighted by molar-refractivity contribution is 5.94. The predicted molar refractivity (Wildman–Crippen MR) is 91.6 cm³/mol. The Morgan fingerprint density at radius 3 is 2.80 bits per heavy atom. The topological polar surface area (TPSA) is 56.1 Å². The van der Waals surface area contributed by atoms with Crippen molar-refractivity contribution in [2.75, 3.05) is 12.4 Å². The number of benzene rings is 2. The predicted octanol–water partition coefficient (Wildman–Crippen LogP) is 3.49. The summed E-state index contributed by atoms with van der Waals surface area (Å²) in [6.07, 6.45) is 1.97. The van der Waals surface area contributed by atoms with Gasteiger partial charge in [0.15, 0.2) is 0 Å². The Morgan fingerprint density at radius 2 is 2.04 bits per heavy atom. The van der Waals surface area contributed by atoms with Crippen molar-refractivity contribution in [1.29, 1.82) is 0 Å². The van der Waals surface area contributed by atoms with E-state index in [0.717, 1.165) is 22.7 Å². The molecule has 0 spiro atoms. The molecule has 0 aliphatic carbocycles. The van der Waals surface area contributed by atoms with Crippen LogP contribution < -0.4 is 10.1 Å². The third-order valence-electron chi connectivity index (χ3n) is 4.37. The number of fused-ring (bicyclic) bond motifs is 1. The molecule has 1 aliphatic heterocycles. The first-order valence-electron chi connectivity index (χ1n) is 7.92. The van der Waals surface area contributed by atoms with Gasteiger partial charge in [-0.3, -0.25) is 9.36 Å². The summed E-state index contributed by atoms with van der Waals surface area (Å²) in [5.41, 5.74) is 2.50. The van der Waals surface area contributed by atoms with E-state index in [1.807, 2.05) is 24.3 Å². The Bertz CT molecular complexity index is 934. The van der Waals surface area contributed by atoms with E-state index in [1.54, 1.807) is 30.1 Å². The summed E-state index contributed by atoms with van der Waals surface area (Å²) in [6, 6.07) is 13.7. The van der Waals surface area contributed by atoms with Crippen molar-refractivity contribution in [3.63, 3.8) is 0 Å². The second kappa shape index (κ2) is 6.05. The number of ether oxygens (including phenoxy) is 1. The maximum atomic E-state index is 13.2. The second-order valence-electron chi connectivity index (χ2n) is 5.91. The van der Waals surface area contributed by atoms with Gasteiger partial charge in [-0.25, -0.2) is 9.37 Å². The van der Waals surface area contributed by atoms with Crippen LogP contribution in [-0.2, 0) is 4.79 Å². The van der Waals surface area contributed by atoms with Crippen LogP contribution >= 0.6 is 0 Å². The number of imidazole rings is 1. The monoisotopic (exact) mass is 337 g/mol. The van der Waals surface area contributed by atoms with E-state index in [4.69, 9.17) is 4.74 Å². The molecule has 0 unspecified atom stereocenters. The standard InChI is InChI=1S/C19H16FN3O2/c1-25-15-4-2-3-12(9-15)16-10-17(24)22-19-18(16)21-11-23(19)14-7-5-13(20)6-8-14/h2-9,11,16H,10H2,1H3,(H,22,24)/t16-/m0/s1. The summed E-state index contributed by atoms with van der Waals surface area (Å²) in [5, 5.41) is 2.89. The molecule has 0 saturated heterocycles. The quantitative estimate of drug-likeness (QED) is 0.796. The first-order valence-corrected chi connectivity index (χ1v) is 7.92. The molecule has 2 heterocycles. The van der Waals surface area contributed by atoms with Crippen LogP contribution in [0.4, 0.5) is 10.2 Å². The average molecular weight is 337 g/mol. The number of carbonyl (C=O) groups excluding carboxylic acids is 1. The van der Waals surface area contributed by atoms with E-state index in [2.05, 4.69) is 10.3 Å². The smallest absolute Gasteiger partial charge is 0.226 e. The SMILES string of the molecule is COc1cccc([C@@H]2CC(=O)Nc3c2ncn3-c2ccc(F)cc2)c1. The van der Waals surface area contributed by atoms with Crippen molar-refractivity contribution in [3.8, 4) is 11.4 Å². The molecule has 0 radical (unpaired) electrons. The first kappa shape index (κ1) is 15.4. The number of methoxy groups -OCH3 is 1. The lowest BCUT2D eigenvalue weighted by atomic mass is 9.89. The zero-order chi connectivity index (χ0) is 17.4. The fraction of sp³-hybridized carbons (Fsp3) is 0.158. The number of amides is 1. The molecule has 1 aliphatic rings. The van der Waals surface area contributed by atoms with Crippen LogP contribution in [0.2, 0.25) is 0 Å². The minimum atomic E-state index is -0.309. The van der Waals surface area contributed by atoms with Crippen molar-refractivity contribution >= 4 is 11.7 Å². The number of rotatable bonds is 3. The van der Waals surface area contributed by atoms with Gasteiger partial charge in [-0.05, 0) is 42.0 Å². The van der Waals surface area contributed by atoms with Gasteiger partial charge in [0.1, 0.15) is 23.7 Å². The molecular formula is C19H16FN3O2. The number of aromatic nitrogens is 2. The maximum Gasteiger partial charge on any atom is 0.226 e. The van der Waals surface area contributed by atoms with Crippen LogP contribution in [0.1, 0.15) is 23.6 Å². The summed E-state index contributed by atoms with van der Waals surface area (Å²) >= 11 is 0. The molecule has 0 bridgehead atoms. The third kappa shape index (κ3) is 2.76. The largest absolute Gasteiger partial charge is 0.497 e. The van der Waals surface area contributed by atoms with E-state index in [1.165, 1.54) is 12.1 Å². The number of halogens is 1. The number of anilines is 1. The summed E-state index contributed by atoms with van der Waals surface area (Å²) in [6.45, 7) is 0. The van der Waals surface area contributed by atoms with Crippen LogP contribution in [0.5, 0.6) is 5.75 Å². The van der Waals surface area contributed by atoms with Gasteiger partial charge in [-0.2, -0.15) is 0 Å². The fourth-order valence-corrected chi connectivity index (χ4v) is 3.14. The molecule has 1 aromatic heterocycles. The van der Waals surface area contributed by atoms with E-state index in [-0.39, 0.29) is 17.6 Å². The van der Waals surface area contributed by atoms with Gasteiger partial charge in [0.25, 0.3) is 0 Å². The molecule has 126 valence electrons. The Morgan fingerprint density at radius 1 is 1.24 bits per heavy atom. The van der Waals surface area contributed by atoms with Gasteiger partial charge in [-0.1, -0.05) is 12.1 Å². The summed E-state index contributed by atoms with van der Waals surface area (Å²) < 4.78 is 20.2. The maximum absolute atomic E-state index is 13.2. The lowest BCUT2D eigenvalue weighted by Gasteiger charge is -2.23. The van der Waals surface area contributed by atoms with E-state index < -0.39 is 0 Å². The van der Waals surface area contributed by atoms with Crippen LogP contribution in [0, 0.1) is 5.82 Å². The molecule has 1 N–H and O–H groups in total. The lowest BCUT2D eigenvalue weighted by Crippen LogP contribution is -2.24. The Balaban J connectivity index is 1.79. The third-order valence-corrected chi connectivity index (χ3v) is 4.37. The highest BCUT2D eigenvalue weighted by Crippen LogP contribution is 2.38. The van der Waals surface area contributed by atoms with Crippen LogP contribution in [0.25, 0.3) is 5.69 Å². The van der Waals surface area contributed by atoms with E-state index >= 15 is 0 Å². The highest BCUT2D eigenvalue weighted by Gasteiger charge is 2.31. The summed E-state index contributed by atoms with van der Waals surface area (Å²) in [4.78, 5) is 16.8. The number of nitrogens with one attached hydrogen (secondary N) is 1. The number of hydrogen-bond acceptors (Lipinski definition) is 3. The molecule has 0 fully saturated rings. The van der Waals surface area contributed by atoms with E-state index in [9.17, 15) is 9.18 Å². The molecule has 4 rings (SSSR count). The van der Waals surface area contributed by atoms with Crippen molar-refractivity contribution in [3.05, 3.63) is 71.9 Å². The first-order chi connectivity index (χ1) is 12.2. The van der Waals surface area contributed by atoms with Gasteiger partial charge < -0.3 is 10.1 Å². The molecule has 5 nitrogen and oxygen atoms in total. The van der Waals surface area contributed by atoms with Gasteiger partial charge in [0.2, 0.25) is 5.91 Å². The van der Waals surface area contributed by atoms with Crippen LogP contribution in [0.15, 0.2) is 54.9 Å². The van der Waals surface area contributed by atoms with Gasteiger partial charge in [0.05, 0.1) is 12.8 Å². The Kier molecular flexibility index (Phi) is 3.72. The molecule has 3 aromatic rings. The minimum Gasteiger partial charge on any atom is -0.497 e. The zero-order valence-electron chi connectivity index (χ0n) is 13.6. The number of hydrogen-bond donors (Lipinski definition) is 1. The van der Waals surface area contributed by atoms with Crippen LogP contribution in [0.3, 0.4) is 0 Å². The fourth-order valence-electron chi connectivity index (χ4n) is 3.14. The van der Waals surface area contributed by atoms with Crippen molar-refractivity contribution in [2.45, 2.75) is 12.3 Å². The van der Waals surface area contributed by atoms with E-state index in [0.29, 0.717) is 12.2 Å². The molecule has 1 amide bonds. The average Bonchev–Trinajstić information content (AvgIpc) is 3.05. The van der Waals surface area contributed by atoms with Gasteiger partial charge in [-0.15, -0.1) is 0 Å². The molecule has 2 aromatic carbocycles. The zero-order valence-corrected chi connectivity index (χ0v) is 13.6. The number of carbonyl (C=O) groups is 1. The lowest BCUT2D eigenvalue weighted by molar-refractivity contribution is -0.116. The molecule has 0 saturated carbocycles. The van der Waals surface area contributed by atoms with Gasteiger partial charge in [0, 0.05) is 18.0 Å².